The summed E-state index contributed by atoms with van der Waals surface area (Å²) >= 11 is 0. The minimum absolute atomic E-state index is 0.176. The number of carboxylic acids is 2. The molecule has 178 valence electrons. The molecule has 3 aromatic rings. The van der Waals surface area contributed by atoms with Gasteiger partial charge >= 0.3 is 11.9 Å². The average Bonchev–Trinajstić information content (AvgIpc) is 2.85. The third kappa shape index (κ3) is 8.16. The second kappa shape index (κ2) is 13.5. The van der Waals surface area contributed by atoms with E-state index in [0.29, 0.717) is 16.7 Å². The van der Waals surface area contributed by atoms with E-state index in [-0.39, 0.29) is 11.1 Å². The Labute approximate surface area is 199 Å². The van der Waals surface area contributed by atoms with Gasteiger partial charge in [-0.1, -0.05) is 104 Å². The molecule has 6 nitrogen and oxygen atoms in total. The molecule has 3 rings (SSSR count). The van der Waals surface area contributed by atoms with Gasteiger partial charge in [0.05, 0.1) is 0 Å². The number of aliphatic carboxylic acids is 2. The van der Waals surface area contributed by atoms with Gasteiger partial charge in [-0.05, 0) is 30.5 Å². The van der Waals surface area contributed by atoms with Crippen LogP contribution in [0.4, 0.5) is 0 Å². The van der Waals surface area contributed by atoms with Gasteiger partial charge in [-0.3, -0.25) is 0 Å². The van der Waals surface area contributed by atoms with Crippen LogP contribution in [-0.4, -0.2) is 32.4 Å². The van der Waals surface area contributed by atoms with Crippen LogP contribution in [0.2, 0.25) is 0 Å². The zero-order valence-corrected chi connectivity index (χ0v) is 19.3. The molecule has 0 heterocycles. The van der Waals surface area contributed by atoms with Gasteiger partial charge in [0.15, 0.2) is 0 Å². The number of carbonyl (C=O) groups is 2. The van der Waals surface area contributed by atoms with E-state index >= 15 is 0 Å². The fourth-order valence-electron chi connectivity index (χ4n) is 2.74. The van der Waals surface area contributed by atoms with Crippen LogP contribution in [0.25, 0.3) is 0 Å². The van der Waals surface area contributed by atoms with Crippen LogP contribution in [0.1, 0.15) is 36.6 Å². The highest BCUT2D eigenvalue weighted by Gasteiger charge is 2.40. The Morgan fingerprint density at radius 3 is 1.21 bits per heavy atom. The standard InChI is InChI=1S/C20H18O2.2C4H6O2/c21-19(16-10-4-1-5-11-16)20(22,17-12-6-2-7-13-17)18-14-8-3-9-15-18;2*1-3(2)4(5)6/h1-15,19,21-22H;2*1H2,2H3,(H,5,6). The predicted octanol–water partition coefficient (Wildman–Crippen LogP) is 4.95. The molecular formula is C28H30O6. The van der Waals surface area contributed by atoms with E-state index in [1.807, 2.05) is 91.0 Å². The van der Waals surface area contributed by atoms with Crippen molar-refractivity contribution in [1.29, 1.82) is 0 Å². The zero-order valence-electron chi connectivity index (χ0n) is 19.3. The summed E-state index contributed by atoms with van der Waals surface area (Å²) in [5, 5.41) is 38.1. The Bertz CT molecular complexity index is 988. The van der Waals surface area contributed by atoms with E-state index in [1.54, 1.807) is 0 Å². The van der Waals surface area contributed by atoms with Gasteiger partial charge in [-0.25, -0.2) is 9.59 Å². The van der Waals surface area contributed by atoms with Crippen LogP contribution in [-0.2, 0) is 15.2 Å². The minimum Gasteiger partial charge on any atom is -0.478 e. The third-order valence-corrected chi connectivity index (χ3v) is 4.67. The van der Waals surface area contributed by atoms with Crippen LogP contribution >= 0.6 is 0 Å². The van der Waals surface area contributed by atoms with E-state index in [0.717, 1.165) is 0 Å². The highest BCUT2D eigenvalue weighted by molar-refractivity contribution is 5.85. The lowest BCUT2D eigenvalue weighted by molar-refractivity contribution is -0.133. The molecule has 0 fully saturated rings. The van der Waals surface area contributed by atoms with Crippen molar-refractivity contribution >= 4 is 11.9 Å². The van der Waals surface area contributed by atoms with E-state index < -0.39 is 23.6 Å². The summed E-state index contributed by atoms with van der Waals surface area (Å²) in [7, 11) is 0. The summed E-state index contributed by atoms with van der Waals surface area (Å²) < 4.78 is 0. The molecule has 0 radical (unpaired) electrons. The van der Waals surface area contributed by atoms with Crippen molar-refractivity contribution in [1.82, 2.24) is 0 Å². The molecule has 0 bridgehead atoms. The quantitative estimate of drug-likeness (QED) is 0.385. The topological polar surface area (TPSA) is 115 Å². The molecule has 0 aliphatic rings. The molecule has 0 saturated heterocycles. The van der Waals surface area contributed by atoms with E-state index in [2.05, 4.69) is 13.2 Å². The third-order valence-electron chi connectivity index (χ3n) is 4.67. The Balaban J connectivity index is 0.000000401. The fraction of sp³-hybridized carbons (Fsp3) is 0.143. The smallest absolute Gasteiger partial charge is 0.330 e. The lowest BCUT2D eigenvalue weighted by Gasteiger charge is -2.34. The Hall–Kier alpha value is -4.00. The molecule has 0 aromatic heterocycles. The maximum atomic E-state index is 11.4. The second-order valence-electron chi connectivity index (χ2n) is 7.48. The monoisotopic (exact) mass is 462 g/mol. The predicted molar refractivity (Wildman–Crippen MR) is 132 cm³/mol. The molecule has 0 amide bonds. The summed E-state index contributed by atoms with van der Waals surface area (Å²) in [4.78, 5) is 19.2. The average molecular weight is 463 g/mol. The number of benzene rings is 3. The molecule has 1 unspecified atom stereocenters. The number of rotatable bonds is 6. The number of aliphatic hydroxyl groups excluding tert-OH is 1. The Morgan fingerprint density at radius 1 is 0.676 bits per heavy atom. The summed E-state index contributed by atoms with van der Waals surface area (Å²) in [6, 6.07) is 27.8. The molecule has 3 aromatic carbocycles. The molecule has 0 spiro atoms. The zero-order chi connectivity index (χ0) is 25.7. The van der Waals surface area contributed by atoms with Gasteiger partial charge in [0, 0.05) is 11.1 Å². The van der Waals surface area contributed by atoms with Crippen molar-refractivity contribution in [3.63, 3.8) is 0 Å². The highest BCUT2D eigenvalue weighted by Crippen LogP contribution is 2.40. The Kier molecular flexibility index (Phi) is 11.2. The highest BCUT2D eigenvalue weighted by atomic mass is 16.4. The number of hydrogen-bond acceptors (Lipinski definition) is 4. The lowest BCUT2D eigenvalue weighted by atomic mass is 9.79. The molecule has 1 atom stereocenters. The first-order chi connectivity index (χ1) is 16.0. The normalized spacial score (nSPS) is 10.9. The Morgan fingerprint density at radius 2 is 0.941 bits per heavy atom. The van der Waals surface area contributed by atoms with Gasteiger partial charge in [0.2, 0.25) is 0 Å². The van der Waals surface area contributed by atoms with E-state index in [4.69, 9.17) is 10.2 Å². The van der Waals surface area contributed by atoms with Crippen LogP contribution in [0.5, 0.6) is 0 Å². The van der Waals surface area contributed by atoms with Crippen molar-refractivity contribution in [2.24, 2.45) is 0 Å². The van der Waals surface area contributed by atoms with Crippen LogP contribution in [0.3, 0.4) is 0 Å². The maximum absolute atomic E-state index is 11.4. The van der Waals surface area contributed by atoms with Gasteiger partial charge in [0.1, 0.15) is 11.7 Å². The first-order valence-electron chi connectivity index (χ1n) is 10.4. The lowest BCUT2D eigenvalue weighted by Crippen LogP contribution is -2.35. The largest absolute Gasteiger partial charge is 0.478 e. The molecular weight excluding hydrogens is 432 g/mol. The van der Waals surface area contributed by atoms with Crippen molar-refractivity contribution < 1.29 is 30.0 Å². The molecule has 0 aliphatic carbocycles. The minimum atomic E-state index is -1.50. The second-order valence-corrected chi connectivity index (χ2v) is 7.48. The number of aliphatic hydroxyl groups is 2. The molecule has 34 heavy (non-hydrogen) atoms. The summed E-state index contributed by atoms with van der Waals surface area (Å²) in [6.45, 7) is 9.20. The molecule has 4 N–H and O–H groups in total. The maximum Gasteiger partial charge on any atom is 0.330 e. The SMILES string of the molecule is C=C(C)C(=O)O.C=C(C)C(=O)O.OC(c1ccccc1)C(O)(c1ccccc1)c1ccccc1. The van der Waals surface area contributed by atoms with Crippen molar-refractivity contribution in [2.45, 2.75) is 25.6 Å². The van der Waals surface area contributed by atoms with Gasteiger partial charge in [0.25, 0.3) is 0 Å². The first kappa shape index (κ1) is 28.0. The van der Waals surface area contributed by atoms with Crippen LogP contribution in [0, 0.1) is 0 Å². The van der Waals surface area contributed by atoms with Crippen molar-refractivity contribution in [3.05, 3.63) is 132 Å². The van der Waals surface area contributed by atoms with Gasteiger partial charge in [-0.2, -0.15) is 0 Å². The van der Waals surface area contributed by atoms with Crippen LogP contribution in [0.15, 0.2) is 115 Å². The van der Waals surface area contributed by atoms with Gasteiger partial charge in [-0.15, -0.1) is 0 Å². The first-order valence-corrected chi connectivity index (χ1v) is 10.4. The van der Waals surface area contributed by atoms with Crippen molar-refractivity contribution in [2.75, 3.05) is 0 Å². The molecule has 0 saturated carbocycles. The summed E-state index contributed by atoms with van der Waals surface area (Å²) in [6.07, 6.45) is -1.06. The van der Waals surface area contributed by atoms with E-state index in [9.17, 15) is 19.8 Å². The van der Waals surface area contributed by atoms with E-state index in [1.165, 1.54) is 13.8 Å². The van der Waals surface area contributed by atoms with Crippen LogP contribution < -0.4 is 0 Å². The van der Waals surface area contributed by atoms with Crippen molar-refractivity contribution in [3.8, 4) is 0 Å². The summed E-state index contributed by atoms with van der Waals surface area (Å²) in [5.41, 5.74) is 0.863. The molecule has 6 heteroatoms. The number of carboxylic acid groups (broad SMARTS) is 2. The molecule has 0 aliphatic heterocycles. The fourth-order valence-corrected chi connectivity index (χ4v) is 2.74. The number of hydrogen-bond donors (Lipinski definition) is 4. The van der Waals surface area contributed by atoms with Gasteiger partial charge < -0.3 is 20.4 Å². The summed E-state index contributed by atoms with van der Waals surface area (Å²) in [5.74, 6) is -1.87.